The molecule has 0 heterocycles. The third kappa shape index (κ3) is 4.47. The van der Waals surface area contributed by atoms with E-state index in [0.717, 1.165) is 6.42 Å². The first-order valence-electron chi connectivity index (χ1n) is 5.41. The predicted octanol–water partition coefficient (Wildman–Crippen LogP) is 2.23. The highest BCUT2D eigenvalue weighted by Gasteiger charge is 2.23. The monoisotopic (exact) mass is 213 g/mol. The Morgan fingerprint density at radius 3 is 2.33 bits per heavy atom. The molecule has 0 aromatic heterocycles. The lowest BCUT2D eigenvalue weighted by atomic mass is 9.99. The second kappa shape index (κ2) is 5.91. The zero-order valence-electron chi connectivity index (χ0n) is 10.6. The van der Waals surface area contributed by atoms with Crippen molar-refractivity contribution in [3.63, 3.8) is 0 Å². The second-order valence-corrected chi connectivity index (χ2v) is 4.35. The smallest absolute Gasteiger partial charge is 0.334 e. The SMILES string of the molecule is C=C(CN(C)C(C)(C)CC)C(=O)OCC. The Morgan fingerprint density at radius 2 is 1.93 bits per heavy atom. The van der Waals surface area contributed by atoms with Crippen LogP contribution in [0.3, 0.4) is 0 Å². The summed E-state index contributed by atoms with van der Waals surface area (Å²) in [6.07, 6.45) is 1.03. The lowest BCUT2D eigenvalue weighted by Gasteiger charge is -2.34. The number of esters is 1. The van der Waals surface area contributed by atoms with Crippen molar-refractivity contribution >= 4 is 5.97 Å². The van der Waals surface area contributed by atoms with Gasteiger partial charge < -0.3 is 4.74 Å². The number of nitrogens with zero attached hydrogens (tertiary/aromatic N) is 1. The first kappa shape index (κ1) is 14.2. The molecule has 88 valence electrons. The molecule has 0 aromatic rings. The molecule has 0 aliphatic heterocycles. The van der Waals surface area contributed by atoms with E-state index in [1.54, 1.807) is 6.92 Å². The second-order valence-electron chi connectivity index (χ2n) is 4.35. The Morgan fingerprint density at radius 1 is 1.40 bits per heavy atom. The van der Waals surface area contributed by atoms with Gasteiger partial charge in [-0.1, -0.05) is 13.5 Å². The Labute approximate surface area is 93.1 Å². The molecule has 0 spiro atoms. The molecular formula is C12H23NO2. The van der Waals surface area contributed by atoms with E-state index < -0.39 is 0 Å². The van der Waals surface area contributed by atoms with Gasteiger partial charge in [0.2, 0.25) is 0 Å². The molecule has 0 bridgehead atoms. The summed E-state index contributed by atoms with van der Waals surface area (Å²) in [5.41, 5.74) is 0.594. The summed E-state index contributed by atoms with van der Waals surface area (Å²) in [7, 11) is 1.99. The molecule has 0 radical (unpaired) electrons. The van der Waals surface area contributed by atoms with E-state index in [0.29, 0.717) is 18.7 Å². The highest BCUT2D eigenvalue weighted by molar-refractivity contribution is 5.88. The summed E-state index contributed by atoms with van der Waals surface area (Å²) >= 11 is 0. The number of carbonyl (C=O) groups excluding carboxylic acids is 1. The maximum Gasteiger partial charge on any atom is 0.334 e. The highest BCUT2D eigenvalue weighted by atomic mass is 16.5. The van der Waals surface area contributed by atoms with E-state index in [2.05, 4.69) is 32.3 Å². The fraction of sp³-hybridized carbons (Fsp3) is 0.750. The summed E-state index contributed by atoms with van der Waals surface area (Å²) in [6.45, 7) is 12.9. The number of hydrogen-bond acceptors (Lipinski definition) is 3. The summed E-state index contributed by atoms with van der Waals surface area (Å²) in [5, 5.41) is 0. The maximum absolute atomic E-state index is 11.3. The van der Waals surface area contributed by atoms with Crippen molar-refractivity contribution in [1.29, 1.82) is 0 Å². The van der Waals surface area contributed by atoms with Gasteiger partial charge in [0.05, 0.1) is 6.61 Å². The molecule has 0 N–H and O–H groups in total. The maximum atomic E-state index is 11.3. The fourth-order valence-corrected chi connectivity index (χ4v) is 1.07. The largest absolute Gasteiger partial charge is 0.463 e. The fourth-order valence-electron chi connectivity index (χ4n) is 1.07. The number of rotatable bonds is 6. The van der Waals surface area contributed by atoms with Gasteiger partial charge in [0.25, 0.3) is 0 Å². The van der Waals surface area contributed by atoms with Crippen molar-refractivity contribution in [3.05, 3.63) is 12.2 Å². The van der Waals surface area contributed by atoms with E-state index >= 15 is 0 Å². The Hall–Kier alpha value is -0.830. The van der Waals surface area contributed by atoms with Crippen LogP contribution in [0.1, 0.15) is 34.1 Å². The molecular weight excluding hydrogens is 190 g/mol. The molecule has 0 fully saturated rings. The highest BCUT2D eigenvalue weighted by Crippen LogP contribution is 2.17. The van der Waals surface area contributed by atoms with Gasteiger partial charge in [-0.2, -0.15) is 0 Å². The molecule has 0 unspecified atom stereocenters. The minimum absolute atomic E-state index is 0.0788. The summed E-state index contributed by atoms with van der Waals surface area (Å²) in [6, 6.07) is 0. The van der Waals surface area contributed by atoms with E-state index in [9.17, 15) is 4.79 Å². The zero-order valence-corrected chi connectivity index (χ0v) is 10.6. The summed E-state index contributed by atoms with van der Waals surface area (Å²) in [5.74, 6) is -0.295. The summed E-state index contributed by atoms with van der Waals surface area (Å²) in [4.78, 5) is 13.5. The van der Waals surface area contributed by atoms with Gasteiger partial charge >= 0.3 is 5.97 Å². The van der Waals surface area contributed by atoms with Crippen LogP contribution < -0.4 is 0 Å². The zero-order chi connectivity index (χ0) is 12.1. The van der Waals surface area contributed by atoms with Gasteiger partial charge in [0.15, 0.2) is 0 Å². The standard InChI is InChI=1S/C12H23NO2/c1-7-12(4,5)13(6)9-10(3)11(14)15-8-2/h3,7-9H2,1-2,4-6H3. The van der Waals surface area contributed by atoms with E-state index in [-0.39, 0.29) is 11.5 Å². The molecule has 0 saturated heterocycles. The van der Waals surface area contributed by atoms with Crippen LogP contribution in [0.5, 0.6) is 0 Å². The van der Waals surface area contributed by atoms with Gasteiger partial charge in [-0.05, 0) is 34.2 Å². The minimum atomic E-state index is -0.295. The van der Waals surface area contributed by atoms with Crippen molar-refractivity contribution in [1.82, 2.24) is 4.90 Å². The number of carbonyl (C=O) groups is 1. The molecule has 0 rings (SSSR count). The van der Waals surface area contributed by atoms with Crippen LogP contribution in [0, 0.1) is 0 Å². The topological polar surface area (TPSA) is 29.5 Å². The lowest BCUT2D eigenvalue weighted by Crippen LogP contribution is -2.42. The molecule has 0 aliphatic rings. The molecule has 3 nitrogen and oxygen atoms in total. The van der Waals surface area contributed by atoms with Gasteiger partial charge in [-0.25, -0.2) is 4.79 Å². The predicted molar refractivity (Wildman–Crippen MR) is 62.8 cm³/mol. The van der Waals surface area contributed by atoms with E-state index in [1.165, 1.54) is 0 Å². The molecule has 0 aromatic carbocycles. The van der Waals surface area contributed by atoms with Crippen molar-refractivity contribution in [3.8, 4) is 0 Å². The van der Waals surface area contributed by atoms with Gasteiger partial charge in [0.1, 0.15) is 0 Å². The molecule has 0 saturated carbocycles. The van der Waals surface area contributed by atoms with Crippen LogP contribution >= 0.6 is 0 Å². The molecule has 0 aliphatic carbocycles. The number of ether oxygens (including phenoxy) is 1. The van der Waals surface area contributed by atoms with Crippen LogP contribution in [-0.2, 0) is 9.53 Å². The average molecular weight is 213 g/mol. The van der Waals surface area contributed by atoms with E-state index in [1.807, 2.05) is 7.05 Å². The van der Waals surface area contributed by atoms with Crippen LogP contribution in [0.25, 0.3) is 0 Å². The Balaban J connectivity index is 4.24. The first-order valence-corrected chi connectivity index (χ1v) is 5.41. The third-order valence-electron chi connectivity index (χ3n) is 2.89. The number of likely N-dealkylation sites (N-methyl/N-ethyl adjacent to an activating group) is 1. The van der Waals surface area contributed by atoms with Gasteiger partial charge in [0, 0.05) is 17.7 Å². The lowest BCUT2D eigenvalue weighted by molar-refractivity contribution is -0.138. The quantitative estimate of drug-likeness (QED) is 0.500. The van der Waals surface area contributed by atoms with Crippen LogP contribution in [-0.4, -0.2) is 36.6 Å². The van der Waals surface area contributed by atoms with Crippen LogP contribution in [0.15, 0.2) is 12.2 Å². The minimum Gasteiger partial charge on any atom is -0.463 e. The Bertz CT molecular complexity index is 234. The van der Waals surface area contributed by atoms with Gasteiger partial charge in [-0.3, -0.25) is 4.90 Å². The van der Waals surface area contributed by atoms with Crippen molar-refractivity contribution in [2.45, 2.75) is 39.7 Å². The summed E-state index contributed by atoms with van der Waals surface area (Å²) < 4.78 is 4.89. The number of hydrogen-bond donors (Lipinski definition) is 0. The molecule has 0 amide bonds. The van der Waals surface area contributed by atoms with Crippen molar-refractivity contribution in [2.24, 2.45) is 0 Å². The van der Waals surface area contributed by atoms with Crippen molar-refractivity contribution in [2.75, 3.05) is 20.2 Å². The first-order chi connectivity index (χ1) is 6.85. The van der Waals surface area contributed by atoms with Crippen LogP contribution in [0.2, 0.25) is 0 Å². The molecule has 15 heavy (non-hydrogen) atoms. The molecule has 3 heteroatoms. The van der Waals surface area contributed by atoms with Crippen LogP contribution in [0.4, 0.5) is 0 Å². The Kier molecular flexibility index (Phi) is 5.58. The normalized spacial score (nSPS) is 11.6. The molecule has 0 atom stereocenters. The van der Waals surface area contributed by atoms with Gasteiger partial charge in [-0.15, -0.1) is 0 Å². The van der Waals surface area contributed by atoms with E-state index in [4.69, 9.17) is 4.74 Å². The van der Waals surface area contributed by atoms with Crippen molar-refractivity contribution < 1.29 is 9.53 Å². The third-order valence-corrected chi connectivity index (χ3v) is 2.89. The average Bonchev–Trinajstić information content (AvgIpc) is 2.17.